The second-order valence-electron chi connectivity index (χ2n) is 6.28. The largest absolute Gasteiger partial charge is 0.492 e. The van der Waals surface area contributed by atoms with E-state index in [4.69, 9.17) is 10.5 Å². The third-order valence-corrected chi connectivity index (χ3v) is 4.62. The van der Waals surface area contributed by atoms with Crippen LogP contribution in [0.25, 0.3) is 0 Å². The van der Waals surface area contributed by atoms with Crippen LogP contribution in [0.4, 0.5) is 0 Å². The highest BCUT2D eigenvalue weighted by Gasteiger charge is 2.32. The Morgan fingerprint density at radius 2 is 2.16 bits per heavy atom. The van der Waals surface area contributed by atoms with E-state index >= 15 is 0 Å². The predicted molar refractivity (Wildman–Crippen MR) is 87.6 cm³/mol. The number of ether oxygens (including phenoxy) is 1. The van der Waals surface area contributed by atoms with E-state index in [0.29, 0.717) is 38.2 Å². The van der Waals surface area contributed by atoms with E-state index in [1.807, 2.05) is 24.3 Å². The first-order valence-electron chi connectivity index (χ1n) is 8.18. The van der Waals surface area contributed by atoms with Gasteiger partial charge in [0.15, 0.2) is 0 Å². The van der Waals surface area contributed by atoms with Crippen LogP contribution in [-0.4, -0.2) is 39.8 Å². The Bertz CT molecular complexity index is 852. The van der Waals surface area contributed by atoms with E-state index in [-0.39, 0.29) is 17.6 Å². The summed E-state index contributed by atoms with van der Waals surface area (Å²) in [7, 11) is 0. The van der Waals surface area contributed by atoms with Crippen LogP contribution in [0.1, 0.15) is 27.4 Å². The lowest BCUT2D eigenvalue weighted by Gasteiger charge is -2.33. The smallest absolute Gasteiger partial charge is 0.286 e. The maximum absolute atomic E-state index is 12.9. The molecule has 2 aromatic rings. The maximum Gasteiger partial charge on any atom is 0.286 e. The number of hydrogen-bond donors (Lipinski definition) is 1. The van der Waals surface area contributed by atoms with Crippen LogP contribution in [0.2, 0.25) is 0 Å². The first-order chi connectivity index (χ1) is 12.1. The highest BCUT2D eigenvalue weighted by atomic mass is 16.5. The lowest BCUT2D eigenvalue weighted by Crippen LogP contribution is -2.43. The van der Waals surface area contributed by atoms with Gasteiger partial charge >= 0.3 is 0 Å². The summed E-state index contributed by atoms with van der Waals surface area (Å²) >= 11 is 0. The number of rotatable bonds is 2. The summed E-state index contributed by atoms with van der Waals surface area (Å²) in [5.41, 5.74) is 7.75. The average molecular weight is 337 g/mol. The van der Waals surface area contributed by atoms with Crippen LogP contribution in [-0.2, 0) is 24.2 Å². The third-order valence-electron chi connectivity index (χ3n) is 4.62. The molecule has 25 heavy (non-hydrogen) atoms. The molecule has 2 N–H and O–H groups in total. The summed E-state index contributed by atoms with van der Waals surface area (Å²) in [6.07, 6.45) is 4.10. The second kappa shape index (κ2) is 6.16. The fourth-order valence-electron chi connectivity index (χ4n) is 3.29. The zero-order valence-electron chi connectivity index (χ0n) is 13.6. The summed E-state index contributed by atoms with van der Waals surface area (Å²) in [4.78, 5) is 33.9. The standard InChI is InChI=1S/C18H17N4O3/c19-16(23)17-20-8-12-5-6-22(9-14(12)21-17)18(24)13-7-11-3-1-2-4-15(11)25-10-13/h1-4,13H,5-7,9-10H2,(H2,19,23). The van der Waals surface area contributed by atoms with Gasteiger partial charge in [-0.15, -0.1) is 0 Å². The predicted octanol–water partition coefficient (Wildman–Crippen LogP) is 0.512. The zero-order chi connectivity index (χ0) is 17.4. The van der Waals surface area contributed by atoms with Crippen LogP contribution in [0.5, 0.6) is 5.75 Å². The number of nitrogens with two attached hydrogens (primary N) is 1. The number of benzene rings is 1. The Balaban J connectivity index is 1.51. The van der Waals surface area contributed by atoms with E-state index in [0.717, 1.165) is 16.9 Å². The Morgan fingerprint density at radius 3 is 3.00 bits per heavy atom. The third kappa shape index (κ3) is 2.93. The zero-order valence-corrected chi connectivity index (χ0v) is 13.6. The molecule has 2 aliphatic heterocycles. The van der Waals surface area contributed by atoms with Gasteiger partial charge in [-0.2, -0.15) is 0 Å². The molecular formula is C18H17N4O3. The summed E-state index contributed by atoms with van der Waals surface area (Å²) in [5, 5.41) is 0. The molecule has 0 bridgehead atoms. The molecule has 127 valence electrons. The van der Waals surface area contributed by atoms with E-state index in [1.165, 1.54) is 0 Å². The van der Waals surface area contributed by atoms with Crippen LogP contribution in [0.3, 0.4) is 0 Å². The molecule has 1 aromatic heterocycles. The molecule has 0 saturated carbocycles. The SMILES string of the molecule is NC(=O)c1n[c]c2c(n1)CN(C(=O)C1COc3ccccc3C1)CC2. The Morgan fingerprint density at radius 1 is 1.32 bits per heavy atom. The summed E-state index contributed by atoms with van der Waals surface area (Å²) in [6, 6.07) is 7.78. The molecule has 3 heterocycles. The van der Waals surface area contributed by atoms with Crippen molar-refractivity contribution in [1.82, 2.24) is 14.9 Å². The van der Waals surface area contributed by atoms with Crippen LogP contribution >= 0.6 is 0 Å². The van der Waals surface area contributed by atoms with Crippen LogP contribution < -0.4 is 10.5 Å². The molecular weight excluding hydrogens is 320 g/mol. The molecule has 1 unspecified atom stereocenters. The van der Waals surface area contributed by atoms with Gasteiger partial charge in [0.1, 0.15) is 12.4 Å². The van der Waals surface area contributed by atoms with E-state index in [1.54, 1.807) is 4.90 Å². The number of carbonyl (C=O) groups excluding carboxylic acids is 2. The van der Waals surface area contributed by atoms with Gasteiger partial charge in [-0.3, -0.25) is 9.59 Å². The van der Waals surface area contributed by atoms with Gasteiger partial charge in [-0.25, -0.2) is 9.97 Å². The molecule has 7 nitrogen and oxygen atoms in total. The molecule has 0 fully saturated rings. The highest BCUT2D eigenvalue weighted by molar-refractivity contribution is 5.88. The Kier molecular flexibility index (Phi) is 3.83. The lowest BCUT2D eigenvalue weighted by atomic mass is 9.94. The normalized spacial score (nSPS) is 18.7. The number of aromatic nitrogens is 2. The summed E-state index contributed by atoms with van der Waals surface area (Å²) in [6.45, 7) is 1.30. The molecule has 7 heteroatoms. The van der Waals surface area contributed by atoms with E-state index in [9.17, 15) is 9.59 Å². The van der Waals surface area contributed by atoms with Crippen molar-refractivity contribution in [3.63, 3.8) is 0 Å². The fraction of sp³-hybridized carbons (Fsp3) is 0.333. The first-order valence-corrected chi connectivity index (χ1v) is 8.18. The number of amides is 2. The van der Waals surface area contributed by atoms with Gasteiger partial charge in [-0.1, -0.05) is 18.2 Å². The minimum absolute atomic E-state index is 0.0411. The minimum atomic E-state index is -0.695. The van der Waals surface area contributed by atoms with Crippen molar-refractivity contribution < 1.29 is 14.3 Å². The maximum atomic E-state index is 12.9. The van der Waals surface area contributed by atoms with E-state index < -0.39 is 5.91 Å². The van der Waals surface area contributed by atoms with Crippen molar-refractivity contribution in [1.29, 1.82) is 0 Å². The number of nitrogens with zero attached hydrogens (tertiary/aromatic N) is 3. The highest BCUT2D eigenvalue weighted by Crippen LogP contribution is 2.28. The molecule has 0 saturated heterocycles. The first kappa shape index (κ1) is 15.6. The summed E-state index contributed by atoms with van der Waals surface area (Å²) in [5.74, 6) is -0.0796. The van der Waals surface area contributed by atoms with Crippen molar-refractivity contribution in [3.8, 4) is 5.75 Å². The average Bonchev–Trinajstić information content (AvgIpc) is 2.66. The lowest BCUT2D eigenvalue weighted by molar-refractivity contribution is -0.138. The fourth-order valence-corrected chi connectivity index (χ4v) is 3.29. The van der Waals surface area contributed by atoms with Gasteiger partial charge in [0.05, 0.1) is 24.4 Å². The van der Waals surface area contributed by atoms with Crippen molar-refractivity contribution in [2.24, 2.45) is 11.7 Å². The van der Waals surface area contributed by atoms with Gasteiger partial charge in [-0.05, 0) is 24.5 Å². The van der Waals surface area contributed by atoms with Gasteiger partial charge in [0, 0.05) is 12.1 Å². The van der Waals surface area contributed by atoms with Crippen molar-refractivity contribution in [3.05, 3.63) is 53.1 Å². The molecule has 2 aliphatic rings. The van der Waals surface area contributed by atoms with Crippen molar-refractivity contribution in [2.45, 2.75) is 19.4 Å². The number of hydrogen-bond acceptors (Lipinski definition) is 5. The minimum Gasteiger partial charge on any atom is -0.492 e. The van der Waals surface area contributed by atoms with Crippen molar-refractivity contribution >= 4 is 11.8 Å². The van der Waals surface area contributed by atoms with Gasteiger partial charge in [0.2, 0.25) is 11.7 Å². The molecule has 1 aromatic carbocycles. The summed E-state index contributed by atoms with van der Waals surface area (Å²) < 4.78 is 5.73. The van der Waals surface area contributed by atoms with E-state index in [2.05, 4.69) is 16.2 Å². The molecule has 0 aliphatic carbocycles. The van der Waals surface area contributed by atoms with Gasteiger partial charge in [0.25, 0.3) is 5.91 Å². The Hall–Kier alpha value is -2.96. The number of carbonyl (C=O) groups is 2. The second-order valence-corrected chi connectivity index (χ2v) is 6.28. The number of para-hydroxylation sites is 1. The number of primary amides is 1. The Labute approximate surface area is 144 Å². The van der Waals surface area contributed by atoms with Crippen LogP contribution in [0, 0.1) is 12.1 Å². The van der Waals surface area contributed by atoms with Crippen molar-refractivity contribution in [2.75, 3.05) is 13.2 Å². The molecule has 1 radical (unpaired) electrons. The van der Waals surface area contributed by atoms with Crippen LogP contribution in [0.15, 0.2) is 24.3 Å². The quantitative estimate of drug-likeness (QED) is 0.861. The molecule has 2 amide bonds. The number of fused-ring (bicyclic) bond motifs is 2. The molecule has 0 spiro atoms. The topological polar surface area (TPSA) is 98.4 Å². The molecule has 1 atom stereocenters. The molecule has 4 rings (SSSR count). The monoisotopic (exact) mass is 337 g/mol. The van der Waals surface area contributed by atoms with Gasteiger partial charge < -0.3 is 15.4 Å².